The molecule has 1 aromatic carbocycles. The van der Waals surface area contributed by atoms with E-state index in [0.29, 0.717) is 18.8 Å². The van der Waals surface area contributed by atoms with Crippen LogP contribution in [0.1, 0.15) is 17.3 Å². The third-order valence-corrected chi connectivity index (χ3v) is 1.93. The zero-order chi connectivity index (χ0) is 11.1. The van der Waals surface area contributed by atoms with Crippen molar-refractivity contribution in [3.63, 3.8) is 0 Å². The molecular formula is C11H16N2O2. The molecule has 0 atom stereocenters. The molecule has 4 nitrogen and oxygen atoms in total. The number of amides is 1. The highest BCUT2D eigenvalue weighted by Crippen LogP contribution is 2.09. The summed E-state index contributed by atoms with van der Waals surface area (Å²) in [5, 5.41) is 3.14. The normalized spacial score (nSPS) is 9.93. The highest BCUT2D eigenvalue weighted by Gasteiger charge is 2.00. The van der Waals surface area contributed by atoms with Crippen LogP contribution < -0.4 is 11.1 Å². The lowest BCUT2D eigenvalue weighted by atomic mass is 10.2. The molecule has 1 rings (SSSR count). The third-order valence-electron chi connectivity index (χ3n) is 1.93. The van der Waals surface area contributed by atoms with Crippen molar-refractivity contribution in [2.75, 3.05) is 25.1 Å². The number of rotatable bonds is 6. The molecule has 3 N–H and O–H groups in total. The minimum atomic E-state index is -0.413. The standard InChI is InChI=1S/C11H16N2O2/c1-2-15-7-6-13-10-5-3-4-9(8-10)11(12)14/h3-5,8,13H,2,6-7H2,1H3,(H2,12,14). The van der Waals surface area contributed by atoms with Gasteiger partial charge in [-0.1, -0.05) is 6.07 Å². The van der Waals surface area contributed by atoms with E-state index in [1.54, 1.807) is 18.2 Å². The molecule has 0 saturated heterocycles. The SMILES string of the molecule is CCOCCNc1cccc(C(N)=O)c1. The summed E-state index contributed by atoms with van der Waals surface area (Å²) < 4.78 is 5.18. The van der Waals surface area contributed by atoms with E-state index in [2.05, 4.69) is 5.32 Å². The zero-order valence-electron chi connectivity index (χ0n) is 8.82. The van der Waals surface area contributed by atoms with E-state index in [-0.39, 0.29) is 0 Å². The van der Waals surface area contributed by atoms with Crippen molar-refractivity contribution in [3.05, 3.63) is 29.8 Å². The number of carbonyl (C=O) groups is 1. The molecule has 4 heteroatoms. The second kappa shape index (κ2) is 6.03. The summed E-state index contributed by atoms with van der Waals surface area (Å²) in [6, 6.07) is 7.10. The minimum Gasteiger partial charge on any atom is -0.383 e. The van der Waals surface area contributed by atoms with Gasteiger partial charge in [-0.2, -0.15) is 0 Å². The third kappa shape index (κ3) is 3.99. The molecule has 0 aromatic heterocycles. The van der Waals surface area contributed by atoms with Crippen LogP contribution in [0.3, 0.4) is 0 Å². The number of primary amides is 1. The fourth-order valence-electron chi connectivity index (χ4n) is 1.19. The number of anilines is 1. The number of carbonyl (C=O) groups excluding carboxylic acids is 1. The smallest absolute Gasteiger partial charge is 0.248 e. The number of nitrogens with two attached hydrogens (primary N) is 1. The van der Waals surface area contributed by atoms with E-state index in [0.717, 1.165) is 12.2 Å². The maximum Gasteiger partial charge on any atom is 0.248 e. The highest BCUT2D eigenvalue weighted by molar-refractivity contribution is 5.93. The van der Waals surface area contributed by atoms with Gasteiger partial charge in [-0.3, -0.25) is 4.79 Å². The van der Waals surface area contributed by atoms with E-state index in [9.17, 15) is 4.79 Å². The monoisotopic (exact) mass is 208 g/mol. The predicted molar refractivity (Wildman–Crippen MR) is 59.9 cm³/mol. The maximum absolute atomic E-state index is 10.9. The molecule has 82 valence electrons. The van der Waals surface area contributed by atoms with Crippen LogP contribution in [0.2, 0.25) is 0 Å². The molecule has 0 heterocycles. The highest BCUT2D eigenvalue weighted by atomic mass is 16.5. The van der Waals surface area contributed by atoms with Crippen molar-refractivity contribution in [2.45, 2.75) is 6.92 Å². The molecule has 15 heavy (non-hydrogen) atoms. The predicted octanol–water partition coefficient (Wildman–Crippen LogP) is 1.23. The number of hydrogen-bond acceptors (Lipinski definition) is 3. The van der Waals surface area contributed by atoms with Crippen LogP contribution in [-0.2, 0) is 4.74 Å². The summed E-state index contributed by atoms with van der Waals surface area (Å²) in [6.45, 7) is 4.03. The molecular weight excluding hydrogens is 192 g/mol. The van der Waals surface area contributed by atoms with Crippen molar-refractivity contribution < 1.29 is 9.53 Å². The first-order chi connectivity index (χ1) is 7.24. The Labute approximate surface area is 89.4 Å². The van der Waals surface area contributed by atoms with Gasteiger partial charge in [0.15, 0.2) is 0 Å². The Kier molecular flexibility index (Phi) is 4.63. The Morgan fingerprint density at radius 3 is 3.00 bits per heavy atom. The van der Waals surface area contributed by atoms with Gasteiger partial charge < -0.3 is 15.8 Å². The Hall–Kier alpha value is -1.55. The Balaban J connectivity index is 2.47. The summed E-state index contributed by atoms with van der Waals surface area (Å²) >= 11 is 0. The average Bonchev–Trinajstić information content (AvgIpc) is 2.25. The lowest BCUT2D eigenvalue weighted by molar-refractivity contribution is 0.100. The number of nitrogens with one attached hydrogen (secondary N) is 1. The molecule has 0 aliphatic rings. The van der Waals surface area contributed by atoms with Crippen LogP contribution in [0.4, 0.5) is 5.69 Å². The lowest BCUT2D eigenvalue weighted by Crippen LogP contribution is -2.12. The van der Waals surface area contributed by atoms with Gasteiger partial charge in [0, 0.05) is 24.4 Å². The van der Waals surface area contributed by atoms with Crippen LogP contribution in [0, 0.1) is 0 Å². The van der Waals surface area contributed by atoms with Gasteiger partial charge in [-0.15, -0.1) is 0 Å². The van der Waals surface area contributed by atoms with Crippen LogP contribution >= 0.6 is 0 Å². The molecule has 0 aliphatic heterocycles. The fourth-order valence-corrected chi connectivity index (χ4v) is 1.19. The van der Waals surface area contributed by atoms with Crippen LogP contribution in [0.5, 0.6) is 0 Å². The molecule has 0 aliphatic carbocycles. The Morgan fingerprint density at radius 2 is 2.33 bits per heavy atom. The quantitative estimate of drug-likeness (QED) is 0.691. The fraction of sp³-hybridized carbons (Fsp3) is 0.364. The van der Waals surface area contributed by atoms with Gasteiger partial charge in [0.1, 0.15) is 0 Å². The second-order valence-corrected chi connectivity index (χ2v) is 3.07. The van der Waals surface area contributed by atoms with Crippen molar-refractivity contribution >= 4 is 11.6 Å². The van der Waals surface area contributed by atoms with Crippen molar-refractivity contribution in [1.29, 1.82) is 0 Å². The lowest BCUT2D eigenvalue weighted by Gasteiger charge is -2.06. The van der Waals surface area contributed by atoms with Crippen LogP contribution in [-0.4, -0.2) is 25.7 Å². The van der Waals surface area contributed by atoms with Crippen molar-refractivity contribution in [1.82, 2.24) is 0 Å². The topological polar surface area (TPSA) is 64.3 Å². The maximum atomic E-state index is 10.9. The first-order valence-electron chi connectivity index (χ1n) is 4.95. The van der Waals surface area contributed by atoms with E-state index in [4.69, 9.17) is 10.5 Å². The van der Waals surface area contributed by atoms with E-state index < -0.39 is 5.91 Å². The summed E-state index contributed by atoms with van der Waals surface area (Å²) in [5.41, 5.74) is 6.56. The number of hydrogen-bond donors (Lipinski definition) is 2. The molecule has 0 saturated carbocycles. The molecule has 1 aromatic rings. The first kappa shape index (κ1) is 11.5. The van der Waals surface area contributed by atoms with Crippen LogP contribution in [0.25, 0.3) is 0 Å². The largest absolute Gasteiger partial charge is 0.383 e. The average molecular weight is 208 g/mol. The van der Waals surface area contributed by atoms with Crippen molar-refractivity contribution in [3.8, 4) is 0 Å². The molecule has 0 bridgehead atoms. The summed E-state index contributed by atoms with van der Waals surface area (Å²) in [6.07, 6.45) is 0. The summed E-state index contributed by atoms with van der Waals surface area (Å²) in [5.74, 6) is -0.413. The molecule has 0 radical (unpaired) electrons. The van der Waals surface area contributed by atoms with Crippen molar-refractivity contribution in [2.24, 2.45) is 5.73 Å². The van der Waals surface area contributed by atoms with Gasteiger partial charge in [0.25, 0.3) is 0 Å². The summed E-state index contributed by atoms with van der Waals surface area (Å²) in [7, 11) is 0. The molecule has 0 fully saturated rings. The van der Waals surface area contributed by atoms with Gasteiger partial charge in [-0.05, 0) is 25.1 Å². The van der Waals surface area contributed by atoms with Crippen LogP contribution in [0.15, 0.2) is 24.3 Å². The Bertz CT molecular complexity index is 326. The van der Waals surface area contributed by atoms with Gasteiger partial charge in [0.2, 0.25) is 5.91 Å². The molecule has 0 spiro atoms. The number of ether oxygens (including phenoxy) is 1. The molecule has 0 unspecified atom stereocenters. The number of benzene rings is 1. The zero-order valence-corrected chi connectivity index (χ0v) is 8.82. The van der Waals surface area contributed by atoms with E-state index in [1.807, 2.05) is 13.0 Å². The summed E-state index contributed by atoms with van der Waals surface area (Å²) in [4.78, 5) is 10.9. The van der Waals surface area contributed by atoms with Gasteiger partial charge >= 0.3 is 0 Å². The molecule has 1 amide bonds. The second-order valence-electron chi connectivity index (χ2n) is 3.07. The van der Waals surface area contributed by atoms with Gasteiger partial charge in [0.05, 0.1) is 6.61 Å². The Morgan fingerprint density at radius 1 is 1.53 bits per heavy atom. The van der Waals surface area contributed by atoms with E-state index >= 15 is 0 Å². The van der Waals surface area contributed by atoms with Gasteiger partial charge in [-0.25, -0.2) is 0 Å². The first-order valence-corrected chi connectivity index (χ1v) is 4.95. The minimum absolute atomic E-state index is 0.413. The van der Waals surface area contributed by atoms with E-state index in [1.165, 1.54) is 0 Å².